The molecule has 19 heavy (non-hydrogen) atoms. The molecule has 0 aliphatic rings. The largest absolute Gasteiger partial charge is 0.486 e. The summed E-state index contributed by atoms with van der Waals surface area (Å²) >= 11 is 0. The van der Waals surface area contributed by atoms with Crippen molar-refractivity contribution in [2.75, 3.05) is 18.5 Å². The third-order valence-corrected chi connectivity index (χ3v) is 2.02. The third kappa shape index (κ3) is 6.30. The number of hydrogen-bond acceptors (Lipinski definition) is 4. The van der Waals surface area contributed by atoms with Crippen LogP contribution < -0.4 is 15.8 Å². The van der Waals surface area contributed by atoms with E-state index in [2.05, 4.69) is 5.32 Å². The van der Waals surface area contributed by atoms with Crippen molar-refractivity contribution in [3.8, 4) is 5.75 Å². The van der Waals surface area contributed by atoms with Crippen molar-refractivity contribution >= 4 is 17.6 Å². The van der Waals surface area contributed by atoms with Crippen LogP contribution in [0.15, 0.2) is 24.3 Å². The van der Waals surface area contributed by atoms with Crippen molar-refractivity contribution < 1.29 is 14.3 Å². The first-order chi connectivity index (χ1) is 8.97. The summed E-state index contributed by atoms with van der Waals surface area (Å²) in [6, 6.07) is 6.80. The van der Waals surface area contributed by atoms with E-state index in [1.165, 1.54) is 0 Å². The smallest absolute Gasteiger partial charge is 0.411 e. The summed E-state index contributed by atoms with van der Waals surface area (Å²) in [4.78, 5) is 11.5. The molecule has 0 bridgehead atoms. The summed E-state index contributed by atoms with van der Waals surface area (Å²) in [7, 11) is 0. The highest BCUT2D eigenvalue weighted by Crippen LogP contribution is 2.17. The molecule has 0 unspecified atom stereocenters. The zero-order chi connectivity index (χ0) is 14.3. The molecule has 104 valence electrons. The quantitative estimate of drug-likeness (QED) is 0.542. The highest BCUT2D eigenvalue weighted by molar-refractivity contribution is 5.84. The van der Waals surface area contributed by atoms with Crippen molar-refractivity contribution in [3.63, 3.8) is 0 Å². The van der Waals surface area contributed by atoms with E-state index < -0.39 is 6.09 Å². The second kappa shape index (κ2) is 7.25. The number of carbonyl (C=O) groups excluding carboxylic acids is 1. The van der Waals surface area contributed by atoms with Crippen LogP contribution in [0.2, 0.25) is 0 Å². The van der Waals surface area contributed by atoms with E-state index in [0.29, 0.717) is 18.0 Å². The first kappa shape index (κ1) is 14.8. The second-order valence-corrected chi connectivity index (χ2v) is 4.46. The van der Waals surface area contributed by atoms with E-state index in [4.69, 9.17) is 20.6 Å². The average molecular weight is 265 g/mol. The van der Waals surface area contributed by atoms with Gasteiger partial charge in [-0.2, -0.15) is 0 Å². The van der Waals surface area contributed by atoms with Crippen LogP contribution in [0, 0.1) is 11.3 Å². The molecule has 0 aliphatic heterocycles. The summed E-state index contributed by atoms with van der Waals surface area (Å²) in [5.41, 5.74) is 5.76. The van der Waals surface area contributed by atoms with E-state index in [-0.39, 0.29) is 18.4 Å². The fourth-order valence-electron chi connectivity index (χ4n) is 1.22. The Labute approximate surface area is 112 Å². The van der Waals surface area contributed by atoms with Gasteiger partial charge in [-0.25, -0.2) is 4.79 Å². The predicted octanol–water partition coefficient (Wildman–Crippen LogP) is 2.21. The minimum absolute atomic E-state index is 0.0151. The van der Waals surface area contributed by atoms with Crippen LogP contribution in [-0.2, 0) is 4.74 Å². The lowest BCUT2D eigenvalue weighted by Crippen LogP contribution is -2.19. The van der Waals surface area contributed by atoms with Crippen LogP contribution in [0.4, 0.5) is 10.5 Å². The number of amidine groups is 1. The summed E-state index contributed by atoms with van der Waals surface area (Å²) in [6.45, 7) is 4.31. The van der Waals surface area contributed by atoms with Gasteiger partial charge in [-0.15, -0.1) is 0 Å². The van der Waals surface area contributed by atoms with Gasteiger partial charge in [0.1, 0.15) is 18.2 Å². The van der Waals surface area contributed by atoms with Crippen LogP contribution in [0.3, 0.4) is 0 Å². The molecule has 0 aliphatic carbocycles. The van der Waals surface area contributed by atoms with Gasteiger partial charge in [-0.3, -0.25) is 10.7 Å². The molecule has 4 N–H and O–H groups in total. The van der Waals surface area contributed by atoms with Crippen LogP contribution >= 0.6 is 0 Å². The van der Waals surface area contributed by atoms with Crippen LogP contribution in [0.1, 0.15) is 13.8 Å². The Balaban J connectivity index is 2.51. The molecule has 1 aromatic carbocycles. The van der Waals surface area contributed by atoms with Gasteiger partial charge in [0, 0.05) is 11.8 Å². The summed E-state index contributed by atoms with van der Waals surface area (Å²) in [6.07, 6.45) is -0.502. The number of rotatable bonds is 6. The van der Waals surface area contributed by atoms with Crippen molar-refractivity contribution in [2.45, 2.75) is 13.8 Å². The van der Waals surface area contributed by atoms with Gasteiger partial charge >= 0.3 is 6.09 Å². The Morgan fingerprint density at radius 1 is 1.47 bits per heavy atom. The van der Waals surface area contributed by atoms with E-state index in [9.17, 15) is 4.79 Å². The Morgan fingerprint density at radius 3 is 2.84 bits per heavy atom. The molecule has 6 heteroatoms. The van der Waals surface area contributed by atoms with E-state index >= 15 is 0 Å². The Morgan fingerprint density at radius 2 is 2.21 bits per heavy atom. The summed E-state index contributed by atoms with van der Waals surface area (Å²) < 4.78 is 10.2. The number of amides is 1. The van der Waals surface area contributed by atoms with Gasteiger partial charge in [-0.05, 0) is 18.1 Å². The van der Waals surface area contributed by atoms with Gasteiger partial charge in [0.15, 0.2) is 0 Å². The number of ether oxygens (including phenoxy) is 2. The first-order valence-corrected chi connectivity index (χ1v) is 5.97. The lowest BCUT2D eigenvalue weighted by molar-refractivity contribution is 0.147. The maximum absolute atomic E-state index is 11.5. The van der Waals surface area contributed by atoms with E-state index in [0.717, 1.165) is 0 Å². The van der Waals surface area contributed by atoms with Crippen molar-refractivity contribution in [1.82, 2.24) is 0 Å². The molecule has 0 spiro atoms. The van der Waals surface area contributed by atoms with Crippen molar-refractivity contribution in [3.05, 3.63) is 24.3 Å². The van der Waals surface area contributed by atoms with Gasteiger partial charge in [0.2, 0.25) is 0 Å². The minimum atomic E-state index is -0.502. The van der Waals surface area contributed by atoms with E-state index in [1.807, 2.05) is 13.8 Å². The zero-order valence-corrected chi connectivity index (χ0v) is 11.1. The van der Waals surface area contributed by atoms with Gasteiger partial charge in [-0.1, -0.05) is 19.9 Å². The zero-order valence-electron chi connectivity index (χ0n) is 11.1. The molecule has 0 atom stereocenters. The molecule has 1 aromatic rings. The number of nitrogens with one attached hydrogen (secondary N) is 2. The molecule has 6 nitrogen and oxygen atoms in total. The minimum Gasteiger partial charge on any atom is -0.486 e. The molecule has 0 radical (unpaired) electrons. The van der Waals surface area contributed by atoms with Crippen molar-refractivity contribution in [2.24, 2.45) is 11.7 Å². The fraction of sp³-hybridized carbons (Fsp3) is 0.385. The topological polar surface area (TPSA) is 97.4 Å². The van der Waals surface area contributed by atoms with E-state index in [1.54, 1.807) is 24.3 Å². The molecular formula is C13H19N3O3. The predicted molar refractivity (Wildman–Crippen MR) is 73.7 cm³/mol. The highest BCUT2D eigenvalue weighted by Gasteiger charge is 2.05. The average Bonchev–Trinajstić information content (AvgIpc) is 2.34. The van der Waals surface area contributed by atoms with Crippen LogP contribution in [0.5, 0.6) is 5.75 Å². The Hall–Kier alpha value is -2.24. The summed E-state index contributed by atoms with van der Waals surface area (Å²) in [5, 5.41) is 9.67. The Bertz CT molecular complexity index is 447. The molecule has 0 fully saturated rings. The monoisotopic (exact) mass is 265 g/mol. The maximum Gasteiger partial charge on any atom is 0.411 e. The van der Waals surface area contributed by atoms with Crippen molar-refractivity contribution in [1.29, 1.82) is 5.41 Å². The molecule has 0 heterocycles. The standard InChI is InChI=1S/C13H19N3O3/c1-9(2)7-19-13(17)16-10-4-3-5-11(6-10)18-8-12(14)15/h3-6,9H,7-8H2,1-2H3,(H3,14,15)(H,16,17). The van der Waals surface area contributed by atoms with Crippen LogP contribution in [0.25, 0.3) is 0 Å². The molecule has 1 amide bonds. The SMILES string of the molecule is CC(C)COC(=O)Nc1cccc(OCC(=N)N)c1. The highest BCUT2D eigenvalue weighted by atomic mass is 16.5. The molecule has 0 saturated heterocycles. The molecule has 0 aromatic heterocycles. The molecule has 1 rings (SSSR count). The molecule has 0 saturated carbocycles. The third-order valence-electron chi connectivity index (χ3n) is 2.02. The Kier molecular flexibility index (Phi) is 5.66. The first-order valence-electron chi connectivity index (χ1n) is 5.97. The number of carbonyl (C=O) groups is 1. The van der Waals surface area contributed by atoms with Crippen LogP contribution in [-0.4, -0.2) is 25.1 Å². The summed E-state index contributed by atoms with van der Waals surface area (Å²) in [5.74, 6) is 0.752. The number of nitrogens with two attached hydrogens (primary N) is 1. The number of anilines is 1. The maximum atomic E-state index is 11.5. The lowest BCUT2D eigenvalue weighted by atomic mass is 10.2. The van der Waals surface area contributed by atoms with Gasteiger partial charge in [0.05, 0.1) is 6.61 Å². The second-order valence-electron chi connectivity index (χ2n) is 4.46. The number of hydrogen-bond donors (Lipinski definition) is 3. The molecular weight excluding hydrogens is 246 g/mol. The normalized spacial score (nSPS) is 10.1. The number of benzene rings is 1. The van der Waals surface area contributed by atoms with Gasteiger partial charge < -0.3 is 15.2 Å². The lowest BCUT2D eigenvalue weighted by Gasteiger charge is -2.10. The fourth-order valence-corrected chi connectivity index (χ4v) is 1.22. The van der Waals surface area contributed by atoms with Gasteiger partial charge in [0.25, 0.3) is 0 Å².